The molecule has 5 aromatic rings. The number of hydrogen-bond donors (Lipinski definition) is 2. The molecule has 3 heterocycles. The van der Waals surface area contributed by atoms with E-state index in [9.17, 15) is 14.7 Å². The number of aromatic nitrogens is 3. The molecule has 0 radical (unpaired) electrons. The van der Waals surface area contributed by atoms with E-state index in [1.807, 2.05) is 65.7 Å². The second-order valence-electron chi connectivity index (χ2n) is 18.3. The normalized spacial score (nSPS) is 23.4. The van der Waals surface area contributed by atoms with E-state index in [2.05, 4.69) is 46.2 Å². The topological polar surface area (TPSA) is 130 Å². The Morgan fingerprint density at radius 1 is 0.937 bits per heavy atom. The van der Waals surface area contributed by atoms with Gasteiger partial charge in [-0.05, 0) is 147 Å². The van der Waals surface area contributed by atoms with Crippen molar-refractivity contribution in [2.75, 3.05) is 50.1 Å². The average Bonchev–Trinajstić information content (AvgIpc) is 3.59. The SMILES string of the molecule is COc1ccccc1-c1ccnc(N2CCN(C(=O)c3ccc4c(c3)C3(CCC(Nc5cccc(Cl)c5)(C(=O)O)CC3)C(C[C@@H](C)COc3ccnc5c3[C@H](C)CCC5)C4)CC2)n1. The zero-order chi connectivity index (χ0) is 43.7. The zero-order valence-corrected chi connectivity index (χ0v) is 37.2. The van der Waals surface area contributed by atoms with Gasteiger partial charge in [-0.3, -0.25) is 9.78 Å². The van der Waals surface area contributed by atoms with E-state index >= 15 is 0 Å². The summed E-state index contributed by atoms with van der Waals surface area (Å²) in [6, 6.07) is 25.3. The van der Waals surface area contributed by atoms with Gasteiger partial charge < -0.3 is 29.7 Å². The number of aliphatic carboxylic acids is 1. The second kappa shape index (κ2) is 17.8. The van der Waals surface area contributed by atoms with Gasteiger partial charge in [0.25, 0.3) is 5.91 Å². The van der Waals surface area contributed by atoms with E-state index < -0.39 is 11.5 Å². The van der Waals surface area contributed by atoms with Crippen molar-refractivity contribution < 1.29 is 24.2 Å². The molecule has 328 valence electrons. The highest BCUT2D eigenvalue weighted by Crippen LogP contribution is 2.56. The standard InChI is InChI=1S/C51H57ClN6O5/c1-33(32-63-45-17-23-53-43-12-6-8-34(2)46(43)45)28-37-29-35-14-15-36(30-41(35)50(37)18-20-51(21-19-50,48(60)61)56-39-10-7-9-38(52)31-39)47(59)57-24-26-58(27-25-57)49-54-22-16-42(55-49)40-11-4-5-13-44(40)62-3/h4-5,7,9-11,13-17,22-23,30-31,33-34,37,56H,6,8,12,18-21,24-29,32H2,1-3H3,(H,60,61)/t33-,34-,37?,50?,51?/m1/s1. The number of aryl methyl sites for hydroxylation is 1. The predicted molar refractivity (Wildman–Crippen MR) is 246 cm³/mol. The highest BCUT2D eigenvalue weighted by Gasteiger charge is 2.54. The van der Waals surface area contributed by atoms with Crippen LogP contribution in [0.15, 0.2) is 91.3 Å². The van der Waals surface area contributed by atoms with Crippen LogP contribution >= 0.6 is 11.6 Å². The number of pyridine rings is 1. The molecule has 11 nitrogen and oxygen atoms in total. The number of carboxylic acid groups (broad SMARTS) is 1. The third kappa shape index (κ3) is 8.44. The van der Waals surface area contributed by atoms with Crippen LogP contribution in [0.4, 0.5) is 11.6 Å². The molecule has 3 aliphatic carbocycles. The van der Waals surface area contributed by atoms with Crippen LogP contribution in [0, 0.1) is 11.8 Å². The van der Waals surface area contributed by atoms with Crippen molar-refractivity contribution >= 4 is 35.1 Å². The van der Waals surface area contributed by atoms with Gasteiger partial charge in [-0.2, -0.15) is 0 Å². The van der Waals surface area contributed by atoms with Crippen molar-refractivity contribution in [2.24, 2.45) is 11.8 Å². The number of benzene rings is 3. The van der Waals surface area contributed by atoms with Crippen molar-refractivity contribution in [2.45, 2.75) is 88.5 Å². The molecule has 12 heteroatoms. The maximum atomic E-state index is 14.4. The molecule has 1 saturated carbocycles. The number of para-hydroxylation sites is 1. The Kier molecular flexibility index (Phi) is 12.1. The molecule has 2 N–H and O–H groups in total. The van der Waals surface area contributed by atoms with E-state index in [0.717, 1.165) is 60.6 Å². The van der Waals surface area contributed by atoms with Crippen LogP contribution in [0.2, 0.25) is 5.02 Å². The molecule has 9 rings (SSSR count). The van der Waals surface area contributed by atoms with E-state index in [0.29, 0.717) is 86.6 Å². The third-order valence-electron chi connectivity index (χ3n) is 14.4. The monoisotopic (exact) mass is 868 g/mol. The number of amides is 1. The Bertz CT molecular complexity index is 2480. The summed E-state index contributed by atoms with van der Waals surface area (Å²) in [4.78, 5) is 45.8. The lowest BCUT2D eigenvalue weighted by Crippen LogP contribution is -2.53. The van der Waals surface area contributed by atoms with Gasteiger partial charge in [-0.1, -0.05) is 49.7 Å². The number of carbonyl (C=O) groups is 2. The van der Waals surface area contributed by atoms with Crippen molar-refractivity contribution in [1.82, 2.24) is 19.9 Å². The Balaban J connectivity index is 0.939. The maximum Gasteiger partial charge on any atom is 0.329 e. The number of halogens is 1. The van der Waals surface area contributed by atoms with Crippen LogP contribution < -0.4 is 19.7 Å². The van der Waals surface area contributed by atoms with Crippen molar-refractivity contribution in [3.63, 3.8) is 0 Å². The van der Waals surface area contributed by atoms with Crippen LogP contribution in [-0.2, 0) is 23.1 Å². The van der Waals surface area contributed by atoms with Gasteiger partial charge in [0.15, 0.2) is 0 Å². The molecular formula is C51H57ClN6O5. The zero-order valence-electron chi connectivity index (χ0n) is 36.5. The van der Waals surface area contributed by atoms with Gasteiger partial charge in [-0.15, -0.1) is 0 Å². The molecule has 1 spiro atoms. The molecule has 2 fully saturated rings. The van der Waals surface area contributed by atoms with E-state index in [1.165, 1.54) is 16.7 Å². The summed E-state index contributed by atoms with van der Waals surface area (Å²) >= 11 is 6.34. The number of nitrogens with zero attached hydrogens (tertiary/aromatic N) is 5. The fourth-order valence-corrected chi connectivity index (χ4v) is 11.2. The summed E-state index contributed by atoms with van der Waals surface area (Å²) < 4.78 is 12.2. The van der Waals surface area contributed by atoms with Gasteiger partial charge in [0.05, 0.1) is 19.4 Å². The summed E-state index contributed by atoms with van der Waals surface area (Å²) in [5.41, 5.74) is 6.51. The first-order valence-corrected chi connectivity index (χ1v) is 23.0. The summed E-state index contributed by atoms with van der Waals surface area (Å²) in [7, 11) is 1.66. The van der Waals surface area contributed by atoms with Gasteiger partial charge >= 0.3 is 5.97 Å². The molecule has 1 amide bonds. The van der Waals surface area contributed by atoms with Crippen molar-refractivity contribution in [3.05, 3.63) is 124 Å². The lowest BCUT2D eigenvalue weighted by Gasteiger charge is -2.47. The number of rotatable bonds is 12. The fourth-order valence-electron chi connectivity index (χ4n) is 11.0. The maximum absolute atomic E-state index is 14.4. The number of ether oxygens (including phenoxy) is 2. The quantitative estimate of drug-likeness (QED) is 0.125. The highest BCUT2D eigenvalue weighted by molar-refractivity contribution is 6.30. The van der Waals surface area contributed by atoms with Crippen LogP contribution in [0.25, 0.3) is 11.3 Å². The molecule has 4 aliphatic rings. The summed E-state index contributed by atoms with van der Waals surface area (Å²) in [6.07, 6.45) is 11.0. The summed E-state index contributed by atoms with van der Waals surface area (Å²) in [6.45, 7) is 7.43. The fraction of sp³-hybridized carbons (Fsp3) is 0.431. The van der Waals surface area contributed by atoms with Gasteiger partial charge in [0.2, 0.25) is 5.95 Å². The Morgan fingerprint density at radius 2 is 1.73 bits per heavy atom. The molecule has 1 aliphatic heterocycles. The number of fused-ring (bicyclic) bond motifs is 3. The minimum Gasteiger partial charge on any atom is -0.496 e. The molecule has 3 atom stereocenters. The minimum absolute atomic E-state index is 0.00901. The van der Waals surface area contributed by atoms with E-state index in [-0.39, 0.29) is 23.2 Å². The highest BCUT2D eigenvalue weighted by atomic mass is 35.5. The van der Waals surface area contributed by atoms with Gasteiger partial charge in [0, 0.05) is 71.7 Å². The number of nitrogens with one attached hydrogen (secondary N) is 1. The Hall–Kier alpha value is -5.68. The Labute approximate surface area is 375 Å². The largest absolute Gasteiger partial charge is 0.496 e. The van der Waals surface area contributed by atoms with E-state index in [1.54, 1.807) is 25.4 Å². The minimum atomic E-state index is -1.14. The number of piperazine rings is 1. The molecule has 1 unspecified atom stereocenters. The lowest BCUT2D eigenvalue weighted by molar-refractivity contribution is -0.144. The van der Waals surface area contributed by atoms with Crippen LogP contribution in [0.3, 0.4) is 0 Å². The molecular weight excluding hydrogens is 812 g/mol. The summed E-state index contributed by atoms with van der Waals surface area (Å²) in [5.74, 6) is 2.42. The van der Waals surface area contributed by atoms with Crippen LogP contribution in [0.1, 0.15) is 97.5 Å². The van der Waals surface area contributed by atoms with Gasteiger partial charge in [0.1, 0.15) is 17.0 Å². The third-order valence-corrected chi connectivity index (χ3v) is 14.7. The number of carboxylic acids is 1. The van der Waals surface area contributed by atoms with Crippen molar-refractivity contribution in [3.8, 4) is 22.8 Å². The molecule has 0 bridgehead atoms. The summed E-state index contributed by atoms with van der Waals surface area (Å²) in [5, 5.41) is 14.8. The van der Waals surface area contributed by atoms with Gasteiger partial charge in [-0.25, -0.2) is 14.8 Å². The van der Waals surface area contributed by atoms with Crippen LogP contribution in [0.5, 0.6) is 11.5 Å². The first-order valence-electron chi connectivity index (χ1n) is 22.6. The predicted octanol–water partition coefficient (Wildman–Crippen LogP) is 9.63. The Morgan fingerprint density at radius 3 is 2.51 bits per heavy atom. The number of methoxy groups -OCH3 is 1. The number of hydrogen-bond acceptors (Lipinski definition) is 9. The molecule has 1 saturated heterocycles. The van der Waals surface area contributed by atoms with Crippen LogP contribution in [-0.4, -0.2) is 82.3 Å². The average molecular weight is 870 g/mol. The second-order valence-corrected chi connectivity index (χ2v) is 18.7. The molecule has 63 heavy (non-hydrogen) atoms. The lowest BCUT2D eigenvalue weighted by atomic mass is 9.59. The van der Waals surface area contributed by atoms with E-state index in [4.69, 9.17) is 26.1 Å². The first kappa shape index (κ1) is 42.6. The smallest absolute Gasteiger partial charge is 0.329 e. The molecule has 2 aromatic heterocycles. The first-order chi connectivity index (χ1) is 30.6. The van der Waals surface area contributed by atoms with Crippen molar-refractivity contribution in [1.29, 1.82) is 0 Å². The number of carbonyl (C=O) groups excluding carboxylic acids is 1. The number of anilines is 2. The molecule has 3 aromatic carbocycles.